The van der Waals surface area contributed by atoms with E-state index in [0.29, 0.717) is 41.0 Å². The second-order valence-electron chi connectivity index (χ2n) is 9.68. The van der Waals surface area contributed by atoms with Gasteiger partial charge in [-0.1, -0.05) is 38.7 Å². The Morgan fingerprint density at radius 3 is 2.28 bits per heavy atom. The molecule has 43 heavy (non-hydrogen) atoms. The molecule has 2 aromatic rings. The van der Waals surface area contributed by atoms with Gasteiger partial charge in [0.05, 0.1) is 18.9 Å². The molecular weight excluding hydrogens is 567 g/mol. The molecule has 2 aromatic carbocycles. The number of hydrogen-bond acceptors (Lipinski definition) is 9. The van der Waals surface area contributed by atoms with E-state index in [4.69, 9.17) is 24.0 Å². The Balaban J connectivity index is 1.73. The summed E-state index contributed by atoms with van der Waals surface area (Å²) in [5.74, 6) is -0.163. The zero-order chi connectivity index (χ0) is 31.6. The van der Waals surface area contributed by atoms with Crippen molar-refractivity contribution in [1.82, 2.24) is 0 Å². The summed E-state index contributed by atoms with van der Waals surface area (Å²) < 4.78 is 49.5. The largest absolute Gasteiger partial charge is 0.489 e. The van der Waals surface area contributed by atoms with Crippen LogP contribution in [0, 0.1) is 0 Å². The summed E-state index contributed by atoms with van der Waals surface area (Å²) in [4.78, 5) is 28.1. The number of rotatable bonds is 12. The summed E-state index contributed by atoms with van der Waals surface area (Å²) in [6.07, 6.45) is -2.53. The summed E-state index contributed by atoms with van der Waals surface area (Å²) in [5, 5.41) is 12.0. The fraction of sp³-hybridized carbons (Fsp3) is 0.355. The Kier molecular flexibility index (Phi) is 11.5. The molecule has 0 saturated carbocycles. The van der Waals surface area contributed by atoms with Gasteiger partial charge in [-0.3, -0.25) is 0 Å². The van der Waals surface area contributed by atoms with Gasteiger partial charge >= 0.3 is 12.1 Å². The number of benzene rings is 2. The van der Waals surface area contributed by atoms with Crippen LogP contribution in [0.1, 0.15) is 50.3 Å². The average Bonchev–Trinajstić information content (AvgIpc) is 2.99. The molecule has 0 spiro atoms. The Labute approximate surface area is 248 Å². The lowest BCUT2D eigenvalue weighted by Crippen LogP contribution is -2.25. The van der Waals surface area contributed by atoms with Crippen molar-refractivity contribution in [3.63, 3.8) is 0 Å². The smallest absolute Gasteiger partial charge is 0.416 e. The highest BCUT2D eigenvalue weighted by atomic mass is 19.4. The second kappa shape index (κ2) is 15.0. The van der Waals surface area contributed by atoms with Crippen molar-refractivity contribution in [2.24, 2.45) is 15.5 Å². The van der Waals surface area contributed by atoms with Crippen LogP contribution in [0.2, 0.25) is 0 Å². The number of carbonyl (C=O) groups excluding carboxylic acids is 1. The summed E-state index contributed by atoms with van der Waals surface area (Å²) >= 11 is 0. The van der Waals surface area contributed by atoms with Gasteiger partial charge in [0.15, 0.2) is 5.71 Å². The summed E-state index contributed by atoms with van der Waals surface area (Å²) in [6.45, 7) is 5.79. The molecule has 1 aliphatic rings. The minimum Gasteiger partial charge on any atom is -0.489 e. The van der Waals surface area contributed by atoms with Crippen LogP contribution in [-0.2, 0) is 36.8 Å². The van der Waals surface area contributed by atoms with Gasteiger partial charge in [0.2, 0.25) is 0 Å². The lowest BCUT2D eigenvalue weighted by atomic mass is 9.83. The van der Waals surface area contributed by atoms with Crippen LogP contribution >= 0.6 is 0 Å². The lowest BCUT2D eigenvalue weighted by molar-refractivity contribution is -0.137. The minimum atomic E-state index is -4.42. The highest BCUT2D eigenvalue weighted by molar-refractivity contribution is 6.43. The van der Waals surface area contributed by atoms with Gasteiger partial charge in [-0.2, -0.15) is 13.2 Å². The van der Waals surface area contributed by atoms with Crippen LogP contribution < -0.4 is 4.74 Å². The minimum absolute atomic E-state index is 0.0335. The highest BCUT2D eigenvalue weighted by Crippen LogP contribution is 2.34. The maximum absolute atomic E-state index is 13.0. The summed E-state index contributed by atoms with van der Waals surface area (Å²) in [5.41, 5.74) is 4.44. The number of oxime groups is 3. The number of esters is 1. The first-order valence-corrected chi connectivity index (χ1v) is 13.2. The third-order valence-electron chi connectivity index (χ3n) is 6.75. The van der Waals surface area contributed by atoms with Gasteiger partial charge in [0.1, 0.15) is 38.4 Å². The van der Waals surface area contributed by atoms with Crippen molar-refractivity contribution in [1.29, 1.82) is 0 Å². The fourth-order valence-corrected chi connectivity index (χ4v) is 4.31. The molecule has 1 atom stereocenters. The molecule has 230 valence electrons. The van der Waals surface area contributed by atoms with Crippen LogP contribution in [-0.4, -0.2) is 51.0 Å². The molecule has 1 aliphatic carbocycles. The molecule has 0 N–H and O–H groups in total. The van der Waals surface area contributed by atoms with Crippen molar-refractivity contribution in [2.75, 3.05) is 21.3 Å². The van der Waals surface area contributed by atoms with Crippen LogP contribution in [0.4, 0.5) is 13.2 Å². The zero-order valence-electron chi connectivity index (χ0n) is 24.8. The number of allylic oxidation sites excluding steroid dienone is 2. The zero-order valence-corrected chi connectivity index (χ0v) is 24.8. The first-order valence-electron chi connectivity index (χ1n) is 13.2. The predicted molar refractivity (Wildman–Crippen MR) is 156 cm³/mol. The molecule has 12 heteroatoms. The number of hydrogen-bond donors (Lipinski definition) is 0. The maximum Gasteiger partial charge on any atom is 0.416 e. The van der Waals surface area contributed by atoms with Gasteiger partial charge in [-0.15, -0.1) is 0 Å². The number of methoxy groups -OCH3 is 1. The standard InChI is InChI=1S/C31H34F3N3O6/c1-19-14-26(27(15-20(19)2)29(37-41-6)30(38)39-4)21(3)43-35-17-28(36-40-5)23-10-12-25(13-11-23)42-18-22-8-7-9-24(16-22)31(32,33)34/h7-13,16-17,21H,14-15,18H2,1-6H3. The van der Waals surface area contributed by atoms with E-state index in [1.54, 1.807) is 30.3 Å². The summed E-state index contributed by atoms with van der Waals surface area (Å²) in [7, 11) is 4.03. The first-order chi connectivity index (χ1) is 20.5. The second-order valence-corrected chi connectivity index (χ2v) is 9.68. The first kappa shape index (κ1) is 32.9. The van der Waals surface area contributed by atoms with E-state index >= 15 is 0 Å². The molecule has 0 aromatic heterocycles. The van der Waals surface area contributed by atoms with E-state index < -0.39 is 23.8 Å². The molecule has 1 unspecified atom stereocenters. The molecule has 9 nitrogen and oxygen atoms in total. The molecule has 0 radical (unpaired) electrons. The Morgan fingerprint density at radius 1 is 0.977 bits per heavy atom. The maximum atomic E-state index is 13.0. The Hall–Kier alpha value is -4.61. The van der Waals surface area contributed by atoms with Gasteiger partial charge < -0.3 is 24.0 Å². The number of nitrogens with zero attached hydrogens (tertiary/aromatic N) is 3. The molecular formula is C31H34F3N3O6. The molecule has 0 aliphatic heterocycles. The SMILES string of the molecule is CON=C(C(=O)OC)C1=C(C(C)ON=CC(=NOC)c2ccc(OCc3cccc(C(F)(F)F)c3)cc2)CC(C)=C(C)C1. The van der Waals surface area contributed by atoms with E-state index in [-0.39, 0.29) is 12.3 Å². The number of alkyl halides is 3. The molecule has 0 bridgehead atoms. The Bertz CT molecular complexity index is 1440. The van der Waals surface area contributed by atoms with Crippen LogP contribution in [0.15, 0.2) is 86.3 Å². The van der Waals surface area contributed by atoms with E-state index in [9.17, 15) is 18.0 Å². The van der Waals surface area contributed by atoms with Crippen LogP contribution in [0.5, 0.6) is 5.75 Å². The van der Waals surface area contributed by atoms with Crippen molar-refractivity contribution in [3.05, 3.63) is 87.5 Å². The third-order valence-corrected chi connectivity index (χ3v) is 6.75. The number of carbonyl (C=O) groups is 1. The molecule has 3 rings (SSSR count). The fourth-order valence-electron chi connectivity index (χ4n) is 4.31. The predicted octanol–water partition coefficient (Wildman–Crippen LogP) is 6.63. The normalized spacial score (nSPS) is 15.5. The van der Waals surface area contributed by atoms with E-state index in [1.165, 1.54) is 33.6 Å². The van der Waals surface area contributed by atoms with E-state index in [0.717, 1.165) is 28.9 Å². The van der Waals surface area contributed by atoms with Crippen molar-refractivity contribution in [3.8, 4) is 5.75 Å². The summed E-state index contributed by atoms with van der Waals surface area (Å²) in [6, 6.07) is 11.7. The molecule has 0 heterocycles. The molecule has 0 amide bonds. The van der Waals surface area contributed by atoms with Crippen molar-refractivity contribution in [2.45, 2.75) is 52.5 Å². The Morgan fingerprint density at radius 2 is 1.65 bits per heavy atom. The average molecular weight is 602 g/mol. The van der Waals surface area contributed by atoms with E-state index in [2.05, 4.69) is 15.5 Å². The number of halogens is 3. The lowest BCUT2D eigenvalue weighted by Gasteiger charge is -2.25. The molecule has 0 saturated heterocycles. The van der Waals surface area contributed by atoms with Gasteiger partial charge in [0, 0.05) is 5.56 Å². The van der Waals surface area contributed by atoms with Gasteiger partial charge in [-0.05, 0) is 86.7 Å². The van der Waals surface area contributed by atoms with Crippen molar-refractivity contribution >= 4 is 23.6 Å². The third kappa shape index (κ3) is 8.94. The van der Waals surface area contributed by atoms with Gasteiger partial charge in [-0.25, -0.2) is 4.79 Å². The topological polar surface area (TPSA) is 100 Å². The number of ether oxygens (including phenoxy) is 2. The quantitative estimate of drug-likeness (QED) is 0.117. The van der Waals surface area contributed by atoms with Crippen LogP contribution in [0.25, 0.3) is 0 Å². The molecule has 0 fully saturated rings. The van der Waals surface area contributed by atoms with Crippen LogP contribution in [0.3, 0.4) is 0 Å². The van der Waals surface area contributed by atoms with Gasteiger partial charge in [0.25, 0.3) is 0 Å². The van der Waals surface area contributed by atoms with Crippen molar-refractivity contribution < 1.29 is 42.0 Å². The monoisotopic (exact) mass is 601 g/mol. The highest BCUT2D eigenvalue weighted by Gasteiger charge is 2.31. The van der Waals surface area contributed by atoms with E-state index in [1.807, 2.05) is 20.8 Å².